The largest absolute Gasteiger partial charge is 0.271 e. The van der Waals surface area contributed by atoms with Crippen molar-refractivity contribution in [1.29, 1.82) is 0 Å². The van der Waals surface area contributed by atoms with E-state index < -0.39 is 0 Å². The van der Waals surface area contributed by atoms with E-state index >= 15 is 0 Å². The van der Waals surface area contributed by atoms with E-state index in [4.69, 9.17) is 5.84 Å². The van der Waals surface area contributed by atoms with Gasteiger partial charge in [-0.25, -0.2) is 0 Å². The van der Waals surface area contributed by atoms with Crippen molar-refractivity contribution in [3.63, 3.8) is 0 Å². The summed E-state index contributed by atoms with van der Waals surface area (Å²) >= 11 is 0. The summed E-state index contributed by atoms with van der Waals surface area (Å²) in [7, 11) is 0. The molecular formula is C14H30N2. The Morgan fingerprint density at radius 3 is 2.44 bits per heavy atom. The summed E-state index contributed by atoms with van der Waals surface area (Å²) in [4.78, 5) is 0. The first-order valence-corrected chi connectivity index (χ1v) is 7.27. The summed E-state index contributed by atoms with van der Waals surface area (Å²) in [5.74, 6) is 7.46. The molecule has 3 N–H and O–H groups in total. The van der Waals surface area contributed by atoms with E-state index in [2.05, 4.69) is 19.3 Å². The second-order valence-electron chi connectivity index (χ2n) is 5.47. The quantitative estimate of drug-likeness (QED) is 0.490. The van der Waals surface area contributed by atoms with Crippen molar-refractivity contribution in [3.8, 4) is 0 Å². The monoisotopic (exact) mass is 226 g/mol. The van der Waals surface area contributed by atoms with Gasteiger partial charge in [-0.05, 0) is 31.1 Å². The highest BCUT2D eigenvalue weighted by Crippen LogP contribution is 2.31. The third-order valence-corrected chi connectivity index (χ3v) is 4.31. The van der Waals surface area contributed by atoms with Gasteiger partial charge in [-0.15, -0.1) is 0 Å². The fraction of sp³-hybridized carbons (Fsp3) is 1.00. The second kappa shape index (κ2) is 8.08. The average molecular weight is 226 g/mol. The molecule has 1 aliphatic carbocycles. The predicted octanol–water partition coefficient (Wildman–Crippen LogP) is 3.62. The van der Waals surface area contributed by atoms with Gasteiger partial charge in [0.15, 0.2) is 0 Å². The summed E-state index contributed by atoms with van der Waals surface area (Å²) < 4.78 is 0. The number of nitrogens with two attached hydrogens (primary N) is 1. The molecule has 0 aliphatic heterocycles. The Balaban J connectivity index is 2.33. The summed E-state index contributed by atoms with van der Waals surface area (Å²) in [6.45, 7) is 4.60. The lowest BCUT2D eigenvalue weighted by molar-refractivity contribution is 0.279. The highest BCUT2D eigenvalue weighted by molar-refractivity contribution is 4.81. The number of nitrogens with one attached hydrogen (secondary N) is 1. The van der Waals surface area contributed by atoms with Crippen LogP contribution >= 0.6 is 0 Å². The van der Waals surface area contributed by atoms with Crippen LogP contribution in [0.1, 0.15) is 71.6 Å². The minimum atomic E-state index is 0.573. The zero-order chi connectivity index (χ0) is 11.8. The van der Waals surface area contributed by atoms with Crippen LogP contribution in [0.25, 0.3) is 0 Å². The molecule has 0 saturated heterocycles. The molecule has 0 bridgehead atoms. The maximum Gasteiger partial charge on any atom is 0.0241 e. The van der Waals surface area contributed by atoms with E-state index in [1.807, 2.05) is 0 Å². The van der Waals surface area contributed by atoms with E-state index in [1.165, 1.54) is 57.8 Å². The Bertz CT molecular complexity index is 164. The van der Waals surface area contributed by atoms with E-state index in [1.54, 1.807) is 0 Å². The van der Waals surface area contributed by atoms with Crippen LogP contribution in [0.3, 0.4) is 0 Å². The number of hydrogen-bond donors (Lipinski definition) is 2. The van der Waals surface area contributed by atoms with Crippen molar-refractivity contribution >= 4 is 0 Å². The number of hydrogen-bond acceptors (Lipinski definition) is 2. The molecule has 0 aromatic rings. The molecule has 2 unspecified atom stereocenters. The van der Waals surface area contributed by atoms with E-state index in [0.29, 0.717) is 6.04 Å². The van der Waals surface area contributed by atoms with Crippen molar-refractivity contribution in [2.24, 2.45) is 17.7 Å². The van der Waals surface area contributed by atoms with Crippen LogP contribution < -0.4 is 11.3 Å². The molecule has 96 valence electrons. The van der Waals surface area contributed by atoms with E-state index in [0.717, 1.165) is 11.8 Å². The van der Waals surface area contributed by atoms with Crippen LogP contribution in [0.5, 0.6) is 0 Å². The molecule has 1 aliphatic rings. The smallest absolute Gasteiger partial charge is 0.0241 e. The molecule has 1 fully saturated rings. The highest BCUT2D eigenvalue weighted by Gasteiger charge is 2.25. The fourth-order valence-electron chi connectivity index (χ4n) is 3.10. The molecule has 0 aromatic heterocycles. The zero-order valence-electron chi connectivity index (χ0n) is 11.2. The minimum absolute atomic E-state index is 0.573. The Morgan fingerprint density at radius 1 is 1.25 bits per heavy atom. The molecule has 0 aromatic carbocycles. The number of rotatable bonds is 8. The van der Waals surface area contributed by atoms with Gasteiger partial charge in [-0.2, -0.15) is 0 Å². The molecule has 0 amide bonds. The topological polar surface area (TPSA) is 38.0 Å². The molecular weight excluding hydrogens is 196 g/mol. The van der Waals surface area contributed by atoms with Gasteiger partial charge in [0.2, 0.25) is 0 Å². The minimum Gasteiger partial charge on any atom is -0.271 e. The predicted molar refractivity (Wildman–Crippen MR) is 71.0 cm³/mol. The van der Waals surface area contributed by atoms with Crippen LogP contribution in [0, 0.1) is 11.8 Å². The van der Waals surface area contributed by atoms with Gasteiger partial charge in [0, 0.05) is 6.04 Å². The number of unbranched alkanes of at least 4 members (excludes halogenated alkanes) is 1. The lowest BCUT2D eigenvalue weighted by atomic mass is 9.86. The van der Waals surface area contributed by atoms with Gasteiger partial charge >= 0.3 is 0 Å². The first kappa shape index (κ1) is 14.0. The van der Waals surface area contributed by atoms with E-state index in [-0.39, 0.29) is 0 Å². The molecule has 1 rings (SSSR count). The third kappa shape index (κ3) is 4.42. The van der Waals surface area contributed by atoms with Gasteiger partial charge in [-0.1, -0.05) is 52.4 Å². The standard InChI is InChI=1S/C14H30N2/c1-3-5-8-12(4-2)11-14(16-15)13-9-6-7-10-13/h12-14,16H,3-11,15H2,1-2H3. The maximum absolute atomic E-state index is 5.73. The van der Waals surface area contributed by atoms with Gasteiger partial charge in [0.25, 0.3) is 0 Å². The lowest BCUT2D eigenvalue weighted by Gasteiger charge is -2.27. The molecule has 1 saturated carbocycles. The van der Waals surface area contributed by atoms with Crippen molar-refractivity contribution < 1.29 is 0 Å². The highest BCUT2D eigenvalue weighted by atomic mass is 15.2. The molecule has 0 heterocycles. The van der Waals surface area contributed by atoms with Gasteiger partial charge in [0.1, 0.15) is 0 Å². The molecule has 0 radical (unpaired) electrons. The normalized spacial score (nSPS) is 21.2. The van der Waals surface area contributed by atoms with Gasteiger partial charge < -0.3 is 0 Å². The Morgan fingerprint density at radius 2 is 1.94 bits per heavy atom. The summed E-state index contributed by atoms with van der Waals surface area (Å²) in [5.41, 5.74) is 3.09. The van der Waals surface area contributed by atoms with Crippen LogP contribution in [0.15, 0.2) is 0 Å². The second-order valence-corrected chi connectivity index (χ2v) is 5.47. The van der Waals surface area contributed by atoms with Crippen molar-refractivity contribution in [1.82, 2.24) is 5.43 Å². The third-order valence-electron chi connectivity index (χ3n) is 4.31. The summed E-state index contributed by atoms with van der Waals surface area (Å²) in [5, 5.41) is 0. The summed E-state index contributed by atoms with van der Waals surface area (Å²) in [6, 6.07) is 0.573. The van der Waals surface area contributed by atoms with Crippen LogP contribution in [-0.4, -0.2) is 6.04 Å². The molecule has 2 atom stereocenters. The first-order valence-electron chi connectivity index (χ1n) is 7.27. The maximum atomic E-state index is 5.73. The average Bonchev–Trinajstić information content (AvgIpc) is 2.83. The van der Waals surface area contributed by atoms with Crippen LogP contribution in [-0.2, 0) is 0 Å². The Hall–Kier alpha value is -0.0800. The van der Waals surface area contributed by atoms with Crippen molar-refractivity contribution in [2.75, 3.05) is 0 Å². The molecule has 16 heavy (non-hydrogen) atoms. The zero-order valence-corrected chi connectivity index (χ0v) is 11.2. The molecule has 2 nitrogen and oxygen atoms in total. The molecule has 2 heteroatoms. The lowest BCUT2D eigenvalue weighted by Crippen LogP contribution is -2.41. The fourth-order valence-corrected chi connectivity index (χ4v) is 3.10. The Labute approximate surface area is 101 Å². The van der Waals surface area contributed by atoms with Crippen molar-refractivity contribution in [2.45, 2.75) is 77.7 Å². The van der Waals surface area contributed by atoms with Gasteiger partial charge in [-0.3, -0.25) is 11.3 Å². The molecule has 0 spiro atoms. The van der Waals surface area contributed by atoms with Crippen LogP contribution in [0.4, 0.5) is 0 Å². The summed E-state index contributed by atoms with van der Waals surface area (Å²) in [6.07, 6.45) is 12.3. The first-order chi connectivity index (χ1) is 7.81. The van der Waals surface area contributed by atoms with Crippen molar-refractivity contribution in [3.05, 3.63) is 0 Å². The van der Waals surface area contributed by atoms with Crippen LogP contribution in [0.2, 0.25) is 0 Å². The Kier molecular flexibility index (Phi) is 7.06. The van der Waals surface area contributed by atoms with Gasteiger partial charge in [0.05, 0.1) is 0 Å². The van der Waals surface area contributed by atoms with E-state index in [9.17, 15) is 0 Å². The SMILES string of the molecule is CCCCC(CC)CC(NN)C1CCCC1. The number of hydrazine groups is 1.